The second-order valence-corrected chi connectivity index (χ2v) is 9.63. The van der Waals surface area contributed by atoms with Crippen LogP contribution in [-0.2, 0) is 0 Å². The fraction of sp³-hybridized carbons (Fsp3) is 0.500. The van der Waals surface area contributed by atoms with E-state index in [-0.39, 0.29) is 12.6 Å². The Bertz CT molecular complexity index is 1160. The van der Waals surface area contributed by atoms with E-state index in [2.05, 4.69) is 70.4 Å². The lowest BCUT2D eigenvalue weighted by Gasteiger charge is -2.52. The summed E-state index contributed by atoms with van der Waals surface area (Å²) in [4.78, 5) is 9.73. The number of benzene rings is 1. The molecule has 0 aliphatic carbocycles. The molecule has 3 saturated heterocycles. The highest BCUT2D eigenvalue weighted by atomic mass is 16.3. The number of anilines is 2. The maximum absolute atomic E-state index is 9.40. The third kappa shape index (κ3) is 4.04. The Morgan fingerprint density at radius 1 is 1.09 bits per heavy atom. The van der Waals surface area contributed by atoms with Gasteiger partial charge in [-0.15, -0.1) is 5.10 Å². The van der Waals surface area contributed by atoms with Gasteiger partial charge in [-0.2, -0.15) is 5.10 Å². The van der Waals surface area contributed by atoms with Crippen LogP contribution in [0.2, 0.25) is 0 Å². The Kier molecular flexibility index (Phi) is 5.93. The van der Waals surface area contributed by atoms with Crippen molar-refractivity contribution in [1.29, 1.82) is 0 Å². The van der Waals surface area contributed by atoms with E-state index in [1.807, 2.05) is 13.1 Å². The van der Waals surface area contributed by atoms with E-state index in [0.29, 0.717) is 12.1 Å². The van der Waals surface area contributed by atoms with Crippen molar-refractivity contribution in [2.75, 3.05) is 36.5 Å². The zero-order valence-electron chi connectivity index (χ0n) is 20.0. The Morgan fingerprint density at radius 3 is 2.67 bits per heavy atom. The molecule has 5 heterocycles. The Balaban J connectivity index is 1.47. The molecule has 2 aromatic heterocycles. The third-order valence-electron chi connectivity index (χ3n) is 7.63. The van der Waals surface area contributed by atoms with Gasteiger partial charge in [-0.25, -0.2) is 4.98 Å². The van der Waals surface area contributed by atoms with Crippen molar-refractivity contribution in [3.05, 3.63) is 52.8 Å². The van der Waals surface area contributed by atoms with Crippen LogP contribution in [0.5, 0.6) is 0 Å². The summed E-state index contributed by atoms with van der Waals surface area (Å²) in [7, 11) is 0. The Hall–Kier alpha value is -2.77. The molecular formula is C26H34N6O. The van der Waals surface area contributed by atoms with E-state index in [9.17, 15) is 5.11 Å². The minimum absolute atomic E-state index is 0.111. The highest BCUT2D eigenvalue weighted by molar-refractivity contribution is 5.94. The monoisotopic (exact) mass is 446 g/mol. The van der Waals surface area contributed by atoms with Gasteiger partial charge in [-0.3, -0.25) is 4.90 Å². The second kappa shape index (κ2) is 8.88. The van der Waals surface area contributed by atoms with Crippen LogP contribution in [0.1, 0.15) is 48.2 Å². The number of rotatable bonds is 6. The number of hydrogen-bond acceptors (Lipinski definition) is 7. The van der Waals surface area contributed by atoms with E-state index >= 15 is 0 Å². The van der Waals surface area contributed by atoms with Crippen LogP contribution in [0, 0.1) is 20.8 Å². The van der Waals surface area contributed by atoms with Crippen molar-refractivity contribution in [2.24, 2.45) is 0 Å². The zero-order valence-corrected chi connectivity index (χ0v) is 20.0. The van der Waals surface area contributed by atoms with E-state index in [1.165, 1.54) is 29.5 Å². The van der Waals surface area contributed by atoms with Gasteiger partial charge in [0.1, 0.15) is 5.82 Å². The first-order valence-corrected chi connectivity index (χ1v) is 12.0. The van der Waals surface area contributed by atoms with Gasteiger partial charge in [0.05, 0.1) is 18.3 Å². The topological polar surface area (TPSA) is 77.4 Å². The van der Waals surface area contributed by atoms with Crippen LogP contribution in [0.3, 0.4) is 0 Å². The molecule has 0 spiro atoms. The summed E-state index contributed by atoms with van der Waals surface area (Å²) in [6.45, 7) is 11.4. The number of pyridine rings is 1. The molecule has 3 atom stereocenters. The molecule has 6 rings (SSSR count). The number of aryl methyl sites for hydroxylation is 2. The van der Waals surface area contributed by atoms with Crippen molar-refractivity contribution in [3.63, 3.8) is 0 Å². The lowest BCUT2D eigenvalue weighted by atomic mass is 9.90. The predicted octanol–water partition coefficient (Wildman–Crippen LogP) is 3.77. The second-order valence-electron chi connectivity index (χ2n) is 9.63. The number of aliphatic hydroxyl groups excluding tert-OH is 1. The van der Waals surface area contributed by atoms with Gasteiger partial charge in [0.25, 0.3) is 0 Å². The van der Waals surface area contributed by atoms with Crippen LogP contribution in [0.15, 0.2) is 30.5 Å². The molecule has 3 aliphatic rings. The van der Waals surface area contributed by atoms with E-state index < -0.39 is 0 Å². The molecule has 3 aromatic rings. The summed E-state index contributed by atoms with van der Waals surface area (Å²) < 4.78 is 0. The van der Waals surface area contributed by atoms with Crippen LogP contribution in [0.25, 0.3) is 10.8 Å². The number of fused-ring (bicyclic) bond motifs is 4. The zero-order chi connectivity index (χ0) is 23.1. The largest absolute Gasteiger partial charge is 0.395 e. The van der Waals surface area contributed by atoms with Gasteiger partial charge in [0, 0.05) is 48.7 Å². The molecule has 0 saturated carbocycles. The number of nitrogens with zero attached hydrogens (tertiary/aromatic N) is 5. The van der Waals surface area contributed by atoms with E-state index in [4.69, 9.17) is 4.98 Å². The average Bonchev–Trinajstić information content (AvgIpc) is 2.83. The molecule has 33 heavy (non-hydrogen) atoms. The molecule has 1 aromatic carbocycles. The summed E-state index contributed by atoms with van der Waals surface area (Å²) >= 11 is 0. The standard InChI is InChI=1S/C26H34N6O/c1-16-6-5-7-22(17(16)2)18(3)28-26-23-12-25(27-13-24(23)19(4)29-30-26)32-15-20-8-9-21(32)14-31(20)10-11-33/h5-7,12-13,18,20-21,33H,8-11,14-15H2,1-4H3,(H,28,30)/t18-,20-,21-/m1/s1. The van der Waals surface area contributed by atoms with Gasteiger partial charge in [0.15, 0.2) is 5.82 Å². The first-order valence-electron chi connectivity index (χ1n) is 12.0. The molecule has 174 valence electrons. The van der Waals surface area contributed by atoms with Crippen LogP contribution in [0.4, 0.5) is 11.6 Å². The van der Waals surface area contributed by atoms with Gasteiger partial charge < -0.3 is 15.3 Å². The van der Waals surface area contributed by atoms with Crippen molar-refractivity contribution in [3.8, 4) is 0 Å². The number of piperidine rings is 2. The summed E-state index contributed by atoms with van der Waals surface area (Å²) in [6.07, 6.45) is 4.32. The van der Waals surface area contributed by atoms with Gasteiger partial charge in [0.2, 0.25) is 0 Å². The normalized spacial score (nSPS) is 21.5. The first kappa shape index (κ1) is 22.0. The summed E-state index contributed by atoms with van der Waals surface area (Å²) in [6, 6.07) is 9.67. The number of piperazine rings is 1. The third-order valence-corrected chi connectivity index (χ3v) is 7.63. The van der Waals surface area contributed by atoms with Crippen molar-refractivity contribution in [2.45, 2.75) is 58.7 Å². The number of aromatic nitrogens is 3. The van der Waals surface area contributed by atoms with Crippen molar-refractivity contribution in [1.82, 2.24) is 20.1 Å². The highest BCUT2D eigenvalue weighted by Gasteiger charge is 2.39. The minimum atomic E-state index is 0.111. The van der Waals surface area contributed by atoms with Crippen molar-refractivity contribution >= 4 is 22.4 Å². The van der Waals surface area contributed by atoms with Gasteiger partial charge in [-0.05, 0) is 63.3 Å². The number of hydrogen-bond donors (Lipinski definition) is 2. The number of aliphatic hydroxyl groups is 1. The molecule has 0 radical (unpaired) electrons. The van der Waals surface area contributed by atoms with E-state index in [1.54, 1.807) is 0 Å². The molecule has 0 unspecified atom stereocenters. The van der Waals surface area contributed by atoms with E-state index in [0.717, 1.165) is 47.7 Å². The summed E-state index contributed by atoms with van der Waals surface area (Å²) in [5, 5.41) is 24.1. The van der Waals surface area contributed by atoms with Gasteiger partial charge in [-0.1, -0.05) is 18.2 Å². The smallest absolute Gasteiger partial charge is 0.157 e. The molecule has 2 N–H and O–H groups in total. The van der Waals surface area contributed by atoms with Crippen molar-refractivity contribution < 1.29 is 5.11 Å². The van der Waals surface area contributed by atoms with Crippen LogP contribution >= 0.6 is 0 Å². The Morgan fingerprint density at radius 2 is 1.91 bits per heavy atom. The Labute approximate surface area is 195 Å². The summed E-state index contributed by atoms with van der Waals surface area (Å²) in [5.41, 5.74) is 4.77. The van der Waals surface area contributed by atoms with Gasteiger partial charge >= 0.3 is 0 Å². The fourth-order valence-corrected chi connectivity index (χ4v) is 5.55. The minimum Gasteiger partial charge on any atom is -0.395 e. The lowest BCUT2D eigenvalue weighted by molar-refractivity contribution is 0.0762. The molecule has 3 fully saturated rings. The average molecular weight is 447 g/mol. The molecule has 7 nitrogen and oxygen atoms in total. The molecule has 3 aliphatic heterocycles. The maximum Gasteiger partial charge on any atom is 0.157 e. The maximum atomic E-state index is 9.40. The summed E-state index contributed by atoms with van der Waals surface area (Å²) in [5.74, 6) is 1.81. The van der Waals surface area contributed by atoms with Crippen LogP contribution < -0.4 is 10.2 Å². The predicted molar refractivity (Wildman–Crippen MR) is 133 cm³/mol. The molecule has 2 bridgehead atoms. The quantitative estimate of drug-likeness (QED) is 0.597. The SMILES string of the molecule is Cc1cccc([C@@H](C)Nc2nnc(C)c3cnc(N4C[C@H]5CC[C@@H]4CN5CCO)cc23)c1C. The highest BCUT2D eigenvalue weighted by Crippen LogP contribution is 2.35. The molecular weight excluding hydrogens is 412 g/mol. The first-order chi connectivity index (χ1) is 16.0. The fourth-order valence-electron chi connectivity index (χ4n) is 5.55. The van der Waals surface area contributed by atoms with Crippen LogP contribution in [-0.4, -0.2) is 63.5 Å². The molecule has 0 amide bonds. The lowest BCUT2D eigenvalue weighted by Crippen LogP contribution is -2.63. The molecule has 7 heteroatoms. The number of nitrogens with one attached hydrogen (secondary N) is 1.